The highest BCUT2D eigenvalue weighted by Crippen LogP contribution is 2.23. The van der Waals surface area contributed by atoms with Crippen LogP contribution >= 0.6 is 0 Å². The van der Waals surface area contributed by atoms with Crippen molar-refractivity contribution < 1.29 is 9.53 Å². The van der Waals surface area contributed by atoms with Crippen LogP contribution in [-0.4, -0.2) is 12.6 Å². The maximum Gasteiger partial charge on any atom is 0.312 e. The van der Waals surface area contributed by atoms with Crippen molar-refractivity contribution in [2.24, 2.45) is 5.92 Å². The molecule has 1 unspecified atom stereocenters. The Balaban J connectivity index is 2.55. The van der Waals surface area contributed by atoms with Gasteiger partial charge in [0, 0.05) is 0 Å². The van der Waals surface area contributed by atoms with Crippen molar-refractivity contribution >= 4 is 5.97 Å². The number of carbonyl (C=O) groups excluding carboxylic acids is 1. The molecule has 2 heteroatoms. The van der Waals surface area contributed by atoms with Crippen LogP contribution in [0.25, 0.3) is 0 Å². The van der Waals surface area contributed by atoms with E-state index in [2.05, 4.69) is 6.08 Å². The number of ether oxygens (including phenoxy) is 1. The first-order valence-electron chi connectivity index (χ1n) is 6.61. The van der Waals surface area contributed by atoms with E-state index in [1.165, 1.54) is 37.7 Å². The minimum Gasteiger partial charge on any atom is -0.466 e. The van der Waals surface area contributed by atoms with E-state index in [0.717, 1.165) is 12.8 Å². The van der Waals surface area contributed by atoms with Crippen LogP contribution in [0.15, 0.2) is 11.6 Å². The lowest BCUT2D eigenvalue weighted by molar-refractivity contribution is -0.146. The Morgan fingerprint density at radius 1 is 1.31 bits per heavy atom. The van der Waals surface area contributed by atoms with Gasteiger partial charge in [-0.15, -0.1) is 0 Å². The molecule has 1 rings (SSSR count). The van der Waals surface area contributed by atoms with E-state index >= 15 is 0 Å². The van der Waals surface area contributed by atoms with Gasteiger partial charge < -0.3 is 4.74 Å². The fraction of sp³-hybridized carbons (Fsp3) is 0.786. The minimum atomic E-state index is -0.0620. The lowest BCUT2D eigenvalue weighted by Crippen LogP contribution is -2.17. The van der Waals surface area contributed by atoms with E-state index in [4.69, 9.17) is 4.74 Å². The quantitative estimate of drug-likeness (QED) is 0.537. The lowest BCUT2D eigenvalue weighted by Gasteiger charge is -2.14. The Morgan fingerprint density at radius 2 is 2.00 bits per heavy atom. The molecule has 2 nitrogen and oxygen atoms in total. The number of rotatable bonds is 3. The van der Waals surface area contributed by atoms with Crippen LogP contribution in [0.1, 0.15) is 58.8 Å². The van der Waals surface area contributed by atoms with Crippen LogP contribution < -0.4 is 0 Å². The second kappa shape index (κ2) is 7.48. The van der Waals surface area contributed by atoms with E-state index in [1.54, 1.807) is 0 Å². The Bertz CT molecular complexity index is 243. The molecule has 0 spiro atoms. The van der Waals surface area contributed by atoms with Gasteiger partial charge in [-0.05, 0) is 39.5 Å². The van der Waals surface area contributed by atoms with Crippen LogP contribution in [0.5, 0.6) is 0 Å². The van der Waals surface area contributed by atoms with Crippen LogP contribution in [0.4, 0.5) is 0 Å². The van der Waals surface area contributed by atoms with E-state index in [9.17, 15) is 4.79 Å². The van der Waals surface area contributed by atoms with Crippen LogP contribution in [0.2, 0.25) is 0 Å². The molecule has 0 N–H and O–H groups in total. The van der Waals surface area contributed by atoms with Crippen molar-refractivity contribution in [1.29, 1.82) is 0 Å². The van der Waals surface area contributed by atoms with Gasteiger partial charge in [-0.3, -0.25) is 4.79 Å². The Kier molecular flexibility index (Phi) is 6.20. The zero-order valence-corrected chi connectivity index (χ0v) is 10.6. The molecule has 0 heterocycles. The Hall–Kier alpha value is -0.790. The fourth-order valence-corrected chi connectivity index (χ4v) is 2.21. The molecule has 1 atom stereocenters. The summed E-state index contributed by atoms with van der Waals surface area (Å²) < 4.78 is 5.08. The summed E-state index contributed by atoms with van der Waals surface area (Å²) in [4.78, 5) is 11.7. The van der Waals surface area contributed by atoms with Gasteiger partial charge in [0.05, 0.1) is 12.5 Å². The molecule has 0 saturated carbocycles. The molecule has 0 aromatic carbocycles. The van der Waals surface area contributed by atoms with E-state index in [0.29, 0.717) is 6.61 Å². The number of hydrogen-bond donors (Lipinski definition) is 0. The number of esters is 1. The van der Waals surface area contributed by atoms with Crippen LogP contribution in [-0.2, 0) is 9.53 Å². The number of carbonyl (C=O) groups is 1. The third-order valence-corrected chi connectivity index (χ3v) is 3.27. The van der Waals surface area contributed by atoms with Gasteiger partial charge in [0.15, 0.2) is 0 Å². The van der Waals surface area contributed by atoms with Gasteiger partial charge in [-0.25, -0.2) is 0 Å². The molecule has 0 aromatic heterocycles. The molecule has 0 fully saturated rings. The van der Waals surface area contributed by atoms with Crippen LogP contribution in [0, 0.1) is 5.92 Å². The fourth-order valence-electron chi connectivity index (χ4n) is 2.21. The van der Waals surface area contributed by atoms with Crippen molar-refractivity contribution in [2.75, 3.05) is 6.61 Å². The summed E-state index contributed by atoms with van der Waals surface area (Å²) in [6.07, 6.45) is 10.9. The van der Waals surface area contributed by atoms with Gasteiger partial charge in [0.1, 0.15) is 0 Å². The highest BCUT2D eigenvalue weighted by molar-refractivity contribution is 5.75. The molecule has 0 radical (unpaired) electrons. The maximum atomic E-state index is 11.7. The molecule has 92 valence electrons. The Morgan fingerprint density at radius 3 is 2.75 bits per heavy atom. The zero-order valence-electron chi connectivity index (χ0n) is 10.6. The normalized spacial score (nSPS) is 23.2. The number of hydrogen-bond acceptors (Lipinski definition) is 2. The molecular formula is C14H24O2. The predicted molar refractivity (Wildman–Crippen MR) is 66.2 cm³/mol. The second-order valence-corrected chi connectivity index (χ2v) is 4.56. The van der Waals surface area contributed by atoms with Crippen molar-refractivity contribution in [3.05, 3.63) is 11.6 Å². The summed E-state index contributed by atoms with van der Waals surface area (Å²) in [6.45, 7) is 4.32. The summed E-state index contributed by atoms with van der Waals surface area (Å²) in [5, 5.41) is 0. The smallest absolute Gasteiger partial charge is 0.312 e. The molecule has 1 aliphatic carbocycles. The largest absolute Gasteiger partial charge is 0.466 e. The average Bonchev–Trinajstić information content (AvgIpc) is 2.41. The van der Waals surface area contributed by atoms with Crippen molar-refractivity contribution in [1.82, 2.24) is 0 Å². The average molecular weight is 224 g/mol. The first-order chi connectivity index (χ1) is 7.75. The summed E-state index contributed by atoms with van der Waals surface area (Å²) >= 11 is 0. The molecule has 0 aromatic rings. The second-order valence-electron chi connectivity index (χ2n) is 4.56. The first kappa shape index (κ1) is 13.3. The monoisotopic (exact) mass is 224 g/mol. The highest BCUT2D eigenvalue weighted by Gasteiger charge is 2.18. The third kappa shape index (κ3) is 4.38. The van der Waals surface area contributed by atoms with Gasteiger partial charge in [0.25, 0.3) is 0 Å². The zero-order chi connectivity index (χ0) is 11.8. The summed E-state index contributed by atoms with van der Waals surface area (Å²) in [6, 6.07) is 0. The van der Waals surface area contributed by atoms with E-state index in [-0.39, 0.29) is 11.9 Å². The summed E-state index contributed by atoms with van der Waals surface area (Å²) in [5.74, 6) is -0.106. The van der Waals surface area contributed by atoms with E-state index < -0.39 is 0 Å². The van der Waals surface area contributed by atoms with Crippen molar-refractivity contribution in [2.45, 2.75) is 58.8 Å². The number of allylic oxidation sites excluding steroid dienone is 1. The summed E-state index contributed by atoms with van der Waals surface area (Å²) in [7, 11) is 0. The maximum absolute atomic E-state index is 11.7. The highest BCUT2D eigenvalue weighted by atomic mass is 16.5. The molecule has 0 aliphatic heterocycles. The molecule has 0 bridgehead atoms. The first-order valence-corrected chi connectivity index (χ1v) is 6.61. The van der Waals surface area contributed by atoms with Crippen LogP contribution in [0.3, 0.4) is 0 Å². The molecule has 1 aliphatic rings. The van der Waals surface area contributed by atoms with Gasteiger partial charge >= 0.3 is 5.97 Å². The molecule has 16 heavy (non-hydrogen) atoms. The molecule has 0 saturated heterocycles. The van der Waals surface area contributed by atoms with Crippen molar-refractivity contribution in [3.63, 3.8) is 0 Å². The predicted octanol–water partition coefficient (Wildman–Crippen LogP) is 3.86. The standard InChI is InChI=1S/C14H24O2/c1-3-16-14(15)12(2)13-10-8-6-4-5-7-9-11-13/h10,12H,3-9,11H2,1-2H3/b13-10+. The van der Waals surface area contributed by atoms with E-state index in [1.807, 2.05) is 13.8 Å². The third-order valence-electron chi connectivity index (χ3n) is 3.27. The van der Waals surface area contributed by atoms with Gasteiger partial charge in [-0.1, -0.05) is 30.9 Å². The van der Waals surface area contributed by atoms with Crippen molar-refractivity contribution in [3.8, 4) is 0 Å². The topological polar surface area (TPSA) is 26.3 Å². The lowest BCUT2D eigenvalue weighted by atomic mass is 9.95. The SMILES string of the molecule is CCOC(=O)C(C)/C1=C/CCCCCCC1. The Labute approximate surface area is 99.1 Å². The minimum absolute atomic E-state index is 0.0435. The summed E-state index contributed by atoms with van der Waals surface area (Å²) in [5.41, 5.74) is 1.29. The molecular weight excluding hydrogens is 200 g/mol. The van der Waals surface area contributed by atoms with Gasteiger partial charge in [0.2, 0.25) is 0 Å². The van der Waals surface area contributed by atoms with Gasteiger partial charge in [-0.2, -0.15) is 0 Å². The molecule has 0 amide bonds.